The molecule has 0 N–H and O–H groups in total. The first-order valence-electron chi connectivity index (χ1n) is 25.8. The Bertz CT molecular complexity index is 3800. The fourth-order valence-corrected chi connectivity index (χ4v) is 7.91. The fourth-order valence-electron chi connectivity index (χ4n) is 7.91. The second-order valence-corrected chi connectivity index (χ2v) is 16.0. The van der Waals surface area contributed by atoms with Gasteiger partial charge in [0.1, 0.15) is 0 Å². The Hall–Kier alpha value is -8.15. The summed E-state index contributed by atoms with van der Waals surface area (Å²) >= 11 is 0. The Morgan fingerprint density at radius 3 is 1.55 bits per heavy atom. The number of aromatic nitrogens is 3. The van der Waals surface area contributed by atoms with Crippen LogP contribution in [0.15, 0.2) is 188 Å². The third-order valence-corrected chi connectivity index (χ3v) is 11.3. The number of halogens is 4. The van der Waals surface area contributed by atoms with Gasteiger partial charge in [0.2, 0.25) is 0 Å². The molecular weight excluding hydrogens is 1070 g/mol. The molecule has 0 bridgehead atoms. The summed E-state index contributed by atoms with van der Waals surface area (Å²) < 4.78 is 133. The Morgan fingerprint density at radius 2 is 0.986 bits per heavy atom. The summed E-state index contributed by atoms with van der Waals surface area (Å²) in [5.74, 6) is -3.67. The molecule has 0 radical (unpaired) electrons. The maximum absolute atomic E-state index is 14.8. The maximum atomic E-state index is 14.8. The van der Waals surface area contributed by atoms with Gasteiger partial charge in [-0.15, -0.1) is 54.1 Å². The van der Waals surface area contributed by atoms with Gasteiger partial charge in [-0.05, 0) is 109 Å². The summed E-state index contributed by atoms with van der Waals surface area (Å²) in [7, 11) is 0. The standard InChI is InChI=1S/C62H39F4N4.Ir/c63-50-23-25-54(58(65)33-50)60-27-17-40(37-68-60)13-15-42-29-43(16-14-41-18-28-61(69-38-41)55-26-24-51(64)34-59(55)66)31-49(30-42)52-11-4-5-12-53(52)57-39-70-62(48-10-6-7-44(32-48)36-67)35-56(57)47-21-19-46(20-22-47)45-8-2-1-3-9-45;/h1-9,11-12,17-24,27-35,37-39H,13-16H2;/q-3;+3/i13D2,14D2,15D2,16D2;. The zero-order valence-electron chi connectivity index (χ0n) is 45.0. The van der Waals surface area contributed by atoms with Crippen molar-refractivity contribution in [3.8, 4) is 84.3 Å². The van der Waals surface area contributed by atoms with E-state index < -0.39 is 59.9 Å². The van der Waals surface area contributed by atoms with Crippen molar-refractivity contribution in [2.75, 3.05) is 0 Å². The first-order chi connectivity index (χ1) is 37.3. The van der Waals surface area contributed by atoms with Crippen molar-refractivity contribution >= 4 is 0 Å². The van der Waals surface area contributed by atoms with E-state index in [4.69, 9.17) is 4.98 Å². The summed E-state index contributed by atoms with van der Waals surface area (Å²) in [6, 6.07) is 53.6. The summed E-state index contributed by atoms with van der Waals surface area (Å²) in [6.07, 6.45) is -8.33. The molecule has 0 saturated heterocycles. The number of pyridine rings is 3. The van der Waals surface area contributed by atoms with Crippen LogP contribution in [0.2, 0.25) is 0 Å². The van der Waals surface area contributed by atoms with E-state index in [1.807, 2.05) is 60.7 Å². The number of nitrogens with zero attached hydrogens (tertiary/aromatic N) is 4. The van der Waals surface area contributed by atoms with Gasteiger partial charge in [-0.3, -0.25) is 17.6 Å². The molecule has 3 aromatic heterocycles. The van der Waals surface area contributed by atoms with Crippen molar-refractivity contribution < 1.29 is 48.6 Å². The van der Waals surface area contributed by atoms with Crippen LogP contribution in [0.1, 0.15) is 38.8 Å². The molecule has 9 heteroatoms. The van der Waals surface area contributed by atoms with E-state index >= 15 is 0 Å². The molecule has 3 heterocycles. The Labute approximate surface area is 434 Å². The Morgan fingerprint density at radius 1 is 0.451 bits per heavy atom. The van der Waals surface area contributed by atoms with E-state index in [9.17, 15) is 33.8 Å². The summed E-state index contributed by atoms with van der Waals surface area (Å²) in [6.45, 7) is 0. The number of rotatable bonds is 13. The van der Waals surface area contributed by atoms with E-state index in [-0.39, 0.29) is 59.3 Å². The SMILES string of the molecule is [2H]C([2H])(c1ccc(-c2[c-]cc(F)cc2F)nc1)C([2H])([2H])c1cc(-c2ccccc2-c2cnc(-c3[c-]ccc(C#N)c3)cc2-c2ccc(-c3ccccc3)cc2)cc(C([2H])([2H])C([2H])([2H])c2ccc(-c3[c-]cc(F)cc3F)nc2)c1.[Ir+3]. The van der Waals surface area contributed by atoms with Crippen molar-refractivity contribution in [3.05, 3.63) is 258 Å². The molecule has 0 amide bonds. The minimum Gasteiger partial charge on any atom is -0.304 e. The number of nitriles is 1. The zero-order valence-corrected chi connectivity index (χ0v) is 39.4. The molecule has 0 unspecified atom stereocenters. The van der Waals surface area contributed by atoms with Crippen LogP contribution in [-0.2, 0) is 45.6 Å². The van der Waals surface area contributed by atoms with Crippen LogP contribution in [0.25, 0.3) is 78.3 Å². The number of hydrogen-bond donors (Lipinski definition) is 0. The van der Waals surface area contributed by atoms with Crippen molar-refractivity contribution in [3.63, 3.8) is 0 Å². The van der Waals surface area contributed by atoms with E-state index in [2.05, 4.69) is 34.2 Å². The summed E-state index contributed by atoms with van der Waals surface area (Å²) in [5.41, 5.74) is 4.66. The Balaban J connectivity index is 0.00000757. The maximum Gasteiger partial charge on any atom is 3.00 e. The Kier molecular flexibility index (Phi) is 11.8. The van der Waals surface area contributed by atoms with Gasteiger partial charge < -0.3 is 15.0 Å². The van der Waals surface area contributed by atoms with Crippen LogP contribution in [0.3, 0.4) is 0 Å². The fraction of sp³-hybridized carbons (Fsp3) is 0.0645. The molecular formula is C62H39F4IrN4. The molecule has 0 fully saturated rings. The van der Waals surface area contributed by atoms with Gasteiger partial charge in [-0.2, -0.15) is 5.26 Å². The molecule has 71 heavy (non-hydrogen) atoms. The van der Waals surface area contributed by atoms with E-state index in [1.165, 1.54) is 36.4 Å². The van der Waals surface area contributed by atoms with Gasteiger partial charge in [0, 0.05) is 58.4 Å². The number of hydrogen-bond acceptors (Lipinski definition) is 4. The molecule has 10 rings (SSSR count). The van der Waals surface area contributed by atoms with Gasteiger partial charge >= 0.3 is 20.1 Å². The zero-order chi connectivity index (χ0) is 55.1. The topological polar surface area (TPSA) is 62.5 Å². The third kappa shape index (κ3) is 11.0. The normalized spacial score (nSPS) is 13.4. The van der Waals surface area contributed by atoms with E-state index in [1.54, 1.807) is 48.7 Å². The smallest absolute Gasteiger partial charge is 0.304 e. The van der Waals surface area contributed by atoms with Crippen molar-refractivity contribution in [1.82, 2.24) is 15.0 Å². The second-order valence-electron chi connectivity index (χ2n) is 16.0. The molecule has 4 nitrogen and oxygen atoms in total. The molecule has 0 aliphatic rings. The quantitative estimate of drug-likeness (QED) is 0.0852. The number of benzene rings is 7. The first-order valence-corrected chi connectivity index (χ1v) is 21.8. The molecule has 7 aromatic carbocycles. The average molecular weight is 1120 g/mol. The molecule has 344 valence electrons. The van der Waals surface area contributed by atoms with Crippen LogP contribution >= 0.6 is 0 Å². The van der Waals surface area contributed by atoms with Crippen LogP contribution in [0.5, 0.6) is 0 Å². The first kappa shape index (κ1) is 38.7. The van der Waals surface area contributed by atoms with Gasteiger partial charge in [0.15, 0.2) is 0 Å². The van der Waals surface area contributed by atoms with Gasteiger partial charge in [0.05, 0.1) is 6.07 Å². The molecule has 10 aromatic rings. The second kappa shape index (κ2) is 21.6. The largest absolute Gasteiger partial charge is 3.00 e. The van der Waals surface area contributed by atoms with Crippen LogP contribution < -0.4 is 0 Å². The van der Waals surface area contributed by atoms with E-state index in [0.29, 0.717) is 51.2 Å². The predicted molar refractivity (Wildman–Crippen MR) is 267 cm³/mol. The van der Waals surface area contributed by atoms with Gasteiger partial charge in [-0.1, -0.05) is 151 Å². The predicted octanol–water partition coefficient (Wildman–Crippen LogP) is 14.9. The van der Waals surface area contributed by atoms with Crippen molar-refractivity contribution in [1.29, 1.82) is 5.26 Å². The van der Waals surface area contributed by atoms with Crippen LogP contribution in [0, 0.1) is 52.8 Å². The van der Waals surface area contributed by atoms with Crippen molar-refractivity contribution in [2.45, 2.75) is 25.5 Å². The van der Waals surface area contributed by atoms with Gasteiger partial charge in [0.25, 0.3) is 0 Å². The molecule has 0 spiro atoms. The van der Waals surface area contributed by atoms with Crippen molar-refractivity contribution in [2.24, 2.45) is 0 Å². The molecule has 0 aliphatic heterocycles. The van der Waals surface area contributed by atoms with Gasteiger partial charge in [-0.25, -0.2) is 0 Å². The van der Waals surface area contributed by atoms with Crippen LogP contribution in [-0.4, -0.2) is 15.0 Å². The van der Waals surface area contributed by atoms with E-state index in [0.717, 1.165) is 47.3 Å². The molecule has 0 aliphatic carbocycles. The minimum atomic E-state index is -3.05. The summed E-state index contributed by atoms with van der Waals surface area (Å²) in [4.78, 5) is 13.2. The molecule has 0 saturated carbocycles. The number of aryl methyl sites for hydroxylation is 4. The monoisotopic (exact) mass is 1120 g/mol. The summed E-state index contributed by atoms with van der Waals surface area (Å²) in [5, 5.41) is 9.74. The average Bonchev–Trinajstić information content (AvgIpc) is 3.60. The third-order valence-electron chi connectivity index (χ3n) is 11.3. The van der Waals surface area contributed by atoms with Crippen LogP contribution in [0.4, 0.5) is 17.6 Å². The molecule has 0 atom stereocenters. The minimum absolute atomic E-state index is 0.